The molecule has 3 aromatic rings. The number of hydrogen-bond acceptors (Lipinski definition) is 1. The summed E-state index contributed by atoms with van der Waals surface area (Å²) in [5.41, 5.74) is 4.75. The van der Waals surface area contributed by atoms with Gasteiger partial charge in [0, 0.05) is 5.69 Å². The summed E-state index contributed by atoms with van der Waals surface area (Å²) in [6.45, 7) is 6.35. The quantitative estimate of drug-likeness (QED) is 0.765. The molecule has 0 saturated carbocycles. The van der Waals surface area contributed by atoms with E-state index in [9.17, 15) is 4.79 Å². The molecule has 118 valence electrons. The highest BCUT2D eigenvalue weighted by atomic mass is 16.1. The zero-order valence-electron chi connectivity index (χ0n) is 13.8. The van der Waals surface area contributed by atoms with Gasteiger partial charge in [-0.25, -0.2) is 4.68 Å². The van der Waals surface area contributed by atoms with Crippen LogP contribution < -0.4 is 5.56 Å². The molecule has 0 aliphatic heterocycles. The van der Waals surface area contributed by atoms with Gasteiger partial charge in [0.15, 0.2) is 0 Å². The Hall–Kier alpha value is -2.55. The highest BCUT2D eigenvalue weighted by molar-refractivity contribution is 5.66. The van der Waals surface area contributed by atoms with Gasteiger partial charge in [0.25, 0.3) is 5.56 Å². The van der Waals surface area contributed by atoms with Gasteiger partial charge in [0.2, 0.25) is 0 Å². The van der Waals surface area contributed by atoms with Gasteiger partial charge >= 0.3 is 0 Å². The van der Waals surface area contributed by atoms with Crippen molar-refractivity contribution in [3.8, 4) is 16.8 Å². The molecule has 3 heteroatoms. The number of para-hydroxylation sites is 1. The molecule has 2 aromatic carbocycles. The Balaban J connectivity index is 2.23. The zero-order valence-corrected chi connectivity index (χ0v) is 13.8. The molecule has 1 N–H and O–H groups in total. The van der Waals surface area contributed by atoms with E-state index in [1.165, 1.54) is 0 Å². The number of nitrogens with one attached hydrogen (secondary N) is 1. The second-order valence-corrected chi connectivity index (χ2v) is 6.36. The van der Waals surface area contributed by atoms with Crippen molar-refractivity contribution in [1.29, 1.82) is 0 Å². The van der Waals surface area contributed by atoms with Crippen molar-refractivity contribution in [1.82, 2.24) is 9.78 Å². The van der Waals surface area contributed by atoms with Crippen LogP contribution in [0.1, 0.15) is 25.1 Å². The first-order valence-corrected chi connectivity index (χ1v) is 8.03. The first kappa shape index (κ1) is 15.3. The Morgan fingerprint density at radius 3 is 2.30 bits per heavy atom. The molecule has 3 nitrogen and oxygen atoms in total. The van der Waals surface area contributed by atoms with Crippen LogP contribution in [0.3, 0.4) is 0 Å². The first-order valence-electron chi connectivity index (χ1n) is 8.03. The summed E-state index contributed by atoms with van der Waals surface area (Å²) >= 11 is 0. The van der Waals surface area contributed by atoms with E-state index in [2.05, 4.69) is 18.9 Å². The molecule has 23 heavy (non-hydrogen) atoms. The van der Waals surface area contributed by atoms with Crippen LogP contribution in [0.25, 0.3) is 16.8 Å². The van der Waals surface area contributed by atoms with Crippen LogP contribution >= 0.6 is 0 Å². The highest BCUT2D eigenvalue weighted by Crippen LogP contribution is 2.23. The van der Waals surface area contributed by atoms with Crippen LogP contribution in [0.5, 0.6) is 0 Å². The first-order chi connectivity index (χ1) is 11.1. The molecule has 0 bridgehead atoms. The number of nitrogens with zero attached hydrogens (tertiary/aromatic N) is 1. The lowest BCUT2D eigenvalue weighted by molar-refractivity contribution is 0.628. The Labute approximate surface area is 136 Å². The molecule has 0 unspecified atom stereocenters. The Morgan fingerprint density at radius 1 is 1.00 bits per heavy atom. The van der Waals surface area contributed by atoms with Crippen LogP contribution in [0, 0.1) is 12.8 Å². The van der Waals surface area contributed by atoms with Crippen molar-refractivity contribution in [3.63, 3.8) is 0 Å². The number of aromatic amines is 1. The normalized spacial score (nSPS) is 11.1. The Kier molecular flexibility index (Phi) is 4.20. The molecular formula is C20H22N2O. The molecule has 3 rings (SSSR count). The number of rotatable bonds is 4. The van der Waals surface area contributed by atoms with Crippen molar-refractivity contribution < 1.29 is 0 Å². The van der Waals surface area contributed by atoms with E-state index in [1.807, 2.05) is 61.5 Å². The summed E-state index contributed by atoms with van der Waals surface area (Å²) in [7, 11) is 0. The number of H-pyrrole nitrogens is 1. The molecule has 1 aromatic heterocycles. The van der Waals surface area contributed by atoms with Gasteiger partial charge in [0.1, 0.15) is 0 Å². The van der Waals surface area contributed by atoms with Crippen LogP contribution in [-0.2, 0) is 6.42 Å². The van der Waals surface area contributed by atoms with E-state index >= 15 is 0 Å². The van der Waals surface area contributed by atoms with E-state index < -0.39 is 0 Å². The van der Waals surface area contributed by atoms with E-state index in [4.69, 9.17) is 0 Å². The second kappa shape index (κ2) is 6.29. The average Bonchev–Trinajstić information content (AvgIpc) is 2.84. The lowest BCUT2D eigenvalue weighted by Gasteiger charge is -2.06. The summed E-state index contributed by atoms with van der Waals surface area (Å²) in [6, 6.07) is 17.8. The van der Waals surface area contributed by atoms with Gasteiger partial charge in [0.05, 0.1) is 11.3 Å². The van der Waals surface area contributed by atoms with Gasteiger partial charge in [-0.05, 0) is 36.5 Å². The molecule has 0 amide bonds. The molecule has 0 fully saturated rings. The van der Waals surface area contributed by atoms with Gasteiger partial charge in [-0.1, -0.05) is 62.4 Å². The summed E-state index contributed by atoms with van der Waals surface area (Å²) in [6.07, 6.45) is 0.846. The number of hydrogen-bond donors (Lipinski definition) is 1. The maximum absolute atomic E-state index is 13.1. The fourth-order valence-corrected chi connectivity index (χ4v) is 2.92. The molecule has 0 atom stereocenters. The summed E-state index contributed by atoms with van der Waals surface area (Å²) in [5, 5.41) is 3.34. The largest absolute Gasteiger partial charge is 0.294 e. The smallest absolute Gasteiger partial charge is 0.279 e. The van der Waals surface area contributed by atoms with E-state index in [1.54, 1.807) is 4.68 Å². The SMILES string of the molecule is Cc1ccccc1-n1[nH]c(CC(C)C)c(-c2ccccc2)c1=O. The standard InChI is InChI=1S/C20H22N2O/c1-14(2)13-17-19(16-10-5-4-6-11-16)20(23)22(21-17)18-12-8-7-9-15(18)3/h4-12,14,21H,13H2,1-3H3. The van der Waals surface area contributed by atoms with Gasteiger partial charge in [-0.15, -0.1) is 0 Å². The Bertz CT molecular complexity index is 857. The maximum Gasteiger partial charge on any atom is 0.279 e. The molecule has 0 radical (unpaired) electrons. The van der Waals surface area contributed by atoms with E-state index in [-0.39, 0.29) is 5.56 Å². The fourth-order valence-electron chi connectivity index (χ4n) is 2.92. The van der Waals surface area contributed by atoms with Gasteiger partial charge < -0.3 is 0 Å². The number of aromatic nitrogens is 2. The van der Waals surface area contributed by atoms with Crippen molar-refractivity contribution in [2.75, 3.05) is 0 Å². The van der Waals surface area contributed by atoms with Crippen molar-refractivity contribution >= 4 is 0 Å². The van der Waals surface area contributed by atoms with Crippen LogP contribution in [-0.4, -0.2) is 9.78 Å². The molecular weight excluding hydrogens is 284 g/mol. The van der Waals surface area contributed by atoms with Crippen LogP contribution in [0.2, 0.25) is 0 Å². The van der Waals surface area contributed by atoms with E-state index in [0.717, 1.165) is 34.5 Å². The lowest BCUT2D eigenvalue weighted by Crippen LogP contribution is -2.16. The summed E-state index contributed by atoms with van der Waals surface area (Å²) < 4.78 is 1.68. The maximum atomic E-state index is 13.1. The van der Waals surface area contributed by atoms with Crippen molar-refractivity contribution in [2.24, 2.45) is 5.92 Å². The van der Waals surface area contributed by atoms with E-state index in [0.29, 0.717) is 5.92 Å². The molecule has 1 heterocycles. The molecule has 0 aliphatic rings. The minimum atomic E-state index is 0.0150. The third kappa shape index (κ3) is 3.00. The highest BCUT2D eigenvalue weighted by Gasteiger charge is 2.18. The Morgan fingerprint density at radius 2 is 1.65 bits per heavy atom. The number of benzene rings is 2. The third-order valence-corrected chi connectivity index (χ3v) is 4.00. The topological polar surface area (TPSA) is 37.8 Å². The predicted octanol–water partition coefficient (Wildman–Crippen LogP) is 4.34. The average molecular weight is 306 g/mol. The summed E-state index contributed by atoms with van der Waals surface area (Å²) in [5.74, 6) is 0.473. The van der Waals surface area contributed by atoms with Gasteiger partial charge in [-0.3, -0.25) is 9.89 Å². The number of aryl methyl sites for hydroxylation is 1. The monoisotopic (exact) mass is 306 g/mol. The van der Waals surface area contributed by atoms with Crippen LogP contribution in [0.4, 0.5) is 0 Å². The van der Waals surface area contributed by atoms with Crippen molar-refractivity contribution in [3.05, 3.63) is 76.2 Å². The molecule has 0 aliphatic carbocycles. The minimum Gasteiger partial charge on any atom is -0.294 e. The second-order valence-electron chi connectivity index (χ2n) is 6.36. The fraction of sp³-hybridized carbons (Fsp3) is 0.250. The molecule has 0 saturated heterocycles. The molecule has 0 spiro atoms. The van der Waals surface area contributed by atoms with Crippen molar-refractivity contribution in [2.45, 2.75) is 27.2 Å². The third-order valence-electron chi connectivity index (χ3n) is 4.00. The predicted molar refractivity (Wildman–Crippen MR) is 95.1 cm³/mol. The zero-order chi connectivity index (χ0) is 16.4. The lowest BCUT2D eigenvalue weighted by atomic mass is 10.0. The van der Waals surface area contributed by atoms with Crippen LogP contribution in [0.15, 0.2) is 59.4 Å². The minimum absolute atomic E-state index is 0.0150. The summed E-state index contributed by atoms with van der Waals surface area (Å²) in [4.78, 5) is 13.1. The van der Waals surface area contributed by atoms with Gasteiger partial charge in [-0.2, -0.15) is 0 Å².